The minimum atomic E-state index is -0.443. The van der Waals surface area contributed by atoms with Gasteiger partial charge in [0.1, 0.15) is 6.10 Å². The normalized spacial score (nSPS) is 16.1. The van der Waals surface area contributed by atoms with Gasteiger partial charge in [-0.15, -0.1) is 0 Å². The standard InChI is InChI=1S/C24H28N6O3/c1-15(2)11-26-22(31)18-10-20(29-19-7-5-4-6-17(18)19)21-14-30(8-9-33-21)23(32)16-12-27-24(25-3)28-13-16/h4-7,10,12-13,15,21H,8-9,11,14H2,1-3H3,(H,26,31)(H,25,27,28). The highest BCUT2D eigenvalue weighted by atomic mass is 16.5. The molecule has 1 fully saturated rings. The lowest BCUT2D eigenvalue weighted by molar-refractivity contribution is -0.0246. The minimum absolute atomic E-state index is 0.144. The Kier molecular flexibility index (Phi) is 6.79. The van der Waals surface area contributed by atoms with Crippen molar-refractivity contribution in [3.05, 3.63) is 59.5 Å². The first kappa shape index (κ1) is 22.6. The molecular weight excluding hydrogens is 420 g/mol. The summed E-state index contributed by atoms with van der Waals surface area (Å²) in [5.41, 5.74) is 2.31. The molecule has 0 aliphatic carbocycles. The smallest absolute Gasteiger partial charge is 0.257 e. The Balaban J connectivity index is 1.59. The second-order valence-corrected chi connectivity index (χ2v) is 8.37. The molecule has 3 aromatic rings. The summed E-state index contributed by atoms with van der Waals surface area (Å²) in [6, 6.07) is 9.33. The number of hydrogen-bond acceptors (Lipinski definition) is 7. The summed E-state index contributed by atoms with van der Waals surface area (Å²) in [7, 11) is 1.72. The third kappa shape index (κ3) is 5.09. The van der Waals surface area contributed by atoms with Gasteiger partial charge in [0, 0.05) is 37.9 Å². The van der Waals surface area contributed by atoms with Crippen molar-refractivity contribution in [3.8, 4) is 0 Å². The number of anilines is 1. The zero-order chi connectivity index (χ0) is 23.4. The molecule has 2 N–H and O–H groups in total. The number of nitrogens with one attached hydrogen (secondary N) is 2. The number of aromatic nitrogens is 3. The summed E-state index contributed by atoms with van der Waals surface area (Å²) in [5, 5.41) is 6.61. The van der Waals surface area contributed by atoms with E-state index < -0.39 is 6.10 Å². The molecule has 1 aromatic carbocycles. The maximum absolute atomic E-state index is 13.0. The minimum Gasteiger partial charge on any atom is -0.368 e. The lowest BCUT2D eigenvalue weighted by Crippen LogP contribution is -2.42. The monoisotopic (exact) mass is 448 g/mol. The highest BCUT2D eigenvalue weighted by Crippen LogP contribution is 2.27. The van der Waals surface area contributed by atoms with Crippen LogP contribution in [0.5, 0.6) is 0 Å². The Labute approximate surface area is 192 Å². The van der Waals surface area contributed by atoms with Crippen molar-refractivity contribution in [2.45, 2.75) is 20.0 Å². The SMILES string of the molecule is CNc1ncc(C(=O)N2CCOC(c3cc(C(=O)NCC(C)C)c4ccccc4n3)C2)cn1. The van der Waals surface area contributed by atoms with Crippen LogP contribution in [0, 0.1) is 5.92 Å². The molecule has 1 saturated heterocycles. The van der Waals surface area contributed by atoms with E-state index >= 15 is 0 Å². The van der Waals surface area contributed by atoms with Crippen LogP contribution in [0.3, 0.4) is 0 Å². The van der Waals surface area contributed by atoms with Gasteiger partial charge in [-0.05, 0) is 18.1 Å². The number of para-hydroxylation sites is 1. The summed E-state index contributed by atoms with van der Waals surface area (Å²) in [6.07, 6.45) is 2.58. The third-order valence-corrected chi connectivity index (χ3v) is 5.46. The Morgan fingerprint density at radius 3 is 2.70 bits per heavy atom. The molecule has 9 nitrogen and oxygen atoms in total. The lowest BCUT2D eigenvalue weighted by Gasteiger charge is -2.33. The van der Waals surface area contributed by atoms with Gasteiger partial charge in [0.25, 0.3) is 11.8 Å². The number of hydrogen-bond donors (Lipinski definition) is 2. The van der Waals surface area contributed by atoms with Crippen molar-refractivity contribution in [2.24, 2.45) is 5.92 Å². The first-order valence-electron chi connectivity index (χ1n) is 11.0. The van der Waals surface area contributed by atoms with Crippen LogP contribution in [0.2, 0.25) is 0 Å². The highest BCUT2D eigenvalue weighted by Gasteiger charge is 2.28. The summed E-state index contributed by atoms with van der Waals surface area (Å²) in [6.45, 7) is 5.84. The Morgan fingerprint density at radius 1 is 1.21 bits per heavy atom. The van der Waals surface area contributed by atoms with Crippen LogP contribution < -0.4 is 10.6 Å². The topological polar surface area (TPSA) is 109 Å². The average Bonchev–Trinajstić information content (AvgIpc) is 2.86. The molecule has 9 heteroatoms. The van der Waals surface area contributed by atoms with E-state index in [0.717, 1.165) is 5.39 Å². The number of nitrogens with zero attached hydrogens (tertiary/aromatic N) is 4. The molecule has 0 bridgehead atoms. The second kappa shape index (κ2) is 9.91. The summed E-state index contributed by atoms with van der Waals surface area (Å²) >= 11 is 0. The van der Waals surface area contributed by atoms with E-state index in [0.29, 0.717) is 60.4 Å². The molecule has 33 heavy (non-hydrogen) atoms. The van der Waals surface area contributed by atoms with E-state index in [9.17, 15) is 9.59 Å². The van der Waals surface area contributed by atoms with Gasteiger partial charge >= 0.3 is 0 Å². The zero-order valence-electron chi connectivity index (χ0n) is 19.0. The van der Waals surface area contributed by atoms with Crippen molar-refractivity contribution >= 4 is 28.7 Å². The van der Waals surface area contributed by atoms with Crippen molar-refractivity contribution in [1.82, 2.24) is 25.2 Å². The largest absolute Gasteiger partial charge is 0.368 e. The first-order valence-corrected chi connectivity index (χ1v) is 11.0. The van der Waals surface area contributed by atoms with E-state index in [2.05, 4.69) is 34.4 Å². The molecular formula is C24H28N6O3. The zero-order valence-corrected chi connectivity index (χ0v) is 19.0. The molecule has 1 aliphatic heterocycles. The van der Waals surface area contributed by atoms with Crippen LogP contribution in [0.25, 0.3) is 10.9 Å². The predicted octanol–water partition coefficient (Wildman–Crippen LogP) is 2.67. The number of amides is 2. The predicted molar refractivity (Wildman–Crippen MR) is 125 cm³/mol. The van der Waals surface area contributed by atoms with Crippen LogP contribution in [0.1, 0.15) is 46.4 Å². The van der Waals surface area contributed by atoms with Crippen molar-refractivity contribution in [3.63, 3.8) is 0 Å². The second-order valence-electron chi connectivity index (χ2n) is 8.37. The van der Waals surface area contributed by atoms with Crippen LogP contribution in [-0.2, 0) is 4.74 Å². The third-order valence-electron chi connectivity index (χ3n) is 5.46. The van der Waals surface area contributed by atoms with E-state index in [1.54, 1.807) is 18.0 Å². The lowest BCUT2D eigenvalue weighted by atomic mass is 10.0. The number of ether oxygens (including phenoxy) is 1. The number of carbonyl (C=O) groups is 2. The molecule has 0 saturated carbocycles. The number of morpholine rings is 1. The van der Waals surface area contributed by atoms with Crippen LogP contribution in [-0.4, -0.2) is 65.0 Å². The van der Waals surface area contributed by atoms with Gasteiger partial charge in [-0.3, -0.25) is 9.59 Å². The van der Waals surface area contributed by atoms with Gasteiger partial charge in [0.05, 0.1) is 35.5 Å². The van der Waals surface area contributed by atoms with E-state index in [4.69, 9.17) is 9.72 Å². The van der Waals surface area contributed by atoms with Crippen molar-refractivity contribution in [1.29, 1.82) is 0 Å². The summed E-state index contributed by atoms with van der Waals surface area (Å²) < 4.78 is 5.97. The molecule has 0 spiro atoms. The number of pyridine rings is 1. The number of carbonyl (C=O) groups excluding carboxylic acids is 2. The molecule has 3 heterocycles. The summed E-state index contributed by atoms with van der Waals surface area (Å²) in [4.78, 5) is 40.7. The molecule has 4 rings (SSSR count). The quantitative estimate of drug-likeness (QED) is 0.597. The van der Waals surface area contributed by atoms with Gasteiger partial charge in [-0.2, -0.15) is 0 Å². The van der Waals surface area contributed by atoms with Gasteiger partial charge in [-0.1, -0.05) is 32.0 Å². The van der Waals surface area contributed by atoms with Gasteiger partial charge in [0.2, 0.25) is 5.95 Å². The Morgan fingerprint density at radius 2 is 1.97 bits per heavy atom. The highest BCUT2D eigenvalue weighted by molar-refractivity contribution is 6.06. The number of rotatable bonds is 6. The molecule has 2 aromatic heterocycles. The van der Waals surface area contributed by atoms with E-state index in [1.807, 2.05) is 24.3 Å². The molecule has 1 unspecified atom stereocenters. The molecule has 1 atom stereocenters. The first-order chi connectivity index (χ1) is 16.0. The van der Waals surface area contributed by atoms with Crippen LogP contribution >= 0.6 is 0 Å². The van der Waals surface area contributed by atoms with Gasteiger partial charge in [0.15, 0.2) is 0 Å². The average molecular weight is 449 g/mol. The van der Waals surface area contributed by atoms with E-state index in [1.165, 1.54) is 12.4 Å². The van der Waals surface area contributed by atoms with Crippen molar-refractivity contribution in [2.75, 3.05) is 38.6 Å². The molecule has 2 amide bonds. The van der Waals surface area contributed by atoms with Crippen LogP contribution in [0.15, 0.2) is 42.7 Å². The maximum Gasteiger partial charge on any atom is 0.257 e. The maximum atomic E-state index is 13.0. The fourth-order valence-electron chi connectivity index (χ4n) is 3.70. The molecule has 0 radical (unpaired) electrons. The fraction of sp³-hybridized carbons (Fsp3) is 0.375. The number of benzene rings is 1. The van der Waals surface area contributed by atoms with Crippen LogP contribution in [0.4, 0.5) is 5.95 Å². The molecule has 172 valence electrons. The molecule has 1 aliphatic rings. The fourth-order valence-corrected chi connectivity index (χ4v) is 3.70. The van der Waals surface area contributed by atoms with Gasteiger partial charge in [-0.25, -0.2) is 15.0 Å². The van der Waals surface area contributed by atoms with Crippen molar-refractivity contribution < 1.29 is 14.3 Å². The van der Waals surface area contributed by atoms with E-state index in [-0.39, 0.29) is 11.8 Å². The van der Waals surface area contributed by atoms with Gasteiger partial charge < -0.3 is 20.3 Å². The Hall–Kier alpha value is -3.59. The summed E-state index contributed by atoms with van der Waals surface area (Å²) in [5.74, 6) is 0.486. The number of fused-ring (bicyclic) bond motifs is 1. The Bertz CT molecular complexity index is 1150.